The number of thiophene rings is 1. The van der Waals surface area contributed by atoms with E-state index < -0.39 is 5.97 Å². The van der Waals surface area contributed by atoms with Crippen molar-refractivity contribution in [2.75, 3.05) is 7.11 Å². The van der Waals surface area contributed by atoms with Gasteiger partial charge in [0, 0.05) is 4.70 Å². The molecule has 0 aliphatic carbocycles. The van der Waals surface area contributed by atoms with Gasteiger partial charge in [-0.2, -0.15) is 0 Å². The quantitative estimate of drug-likeness (QED) is 0.694. The molecule has 0 fully saturated rings. The number of carboxylic acids is 1. The standard InChI is InChI=1S/C16H16N4O4S/c1-9-12-5-11(24-2)3-4-13(12)25-15(9)16(23)17-6-10-7-20(19-18-10)8-14(21)22/h3-5,7H,6,8H2,1-2H3,(H,17,23)(H,21,22). The largest absolute Gasteiger partial charge is 0.497 e. The molecule has 3 rings (SSSR count). The first-order valence-electron chi connectivity index (χ1n) is 7.44. The normalized spacial score (nSPS) is 10.8. The van der Waals surface area contributed by atoms with E-state index in [1.54, 1.807) is 7.11 Å². The minimum Gasteiger partial charge on any atom is -0.497 e. The maximum atomic E-state index is 12.5. The second-order valence-electron chi connectivity index (χ2n) is 5.40. The summed E-state index contributed by atoms with van der Waals surface area (Å²) >= 11 is 1.41. The summed E-state index contributed by atoms with van der Waals surface area (Å²) in [5.41, 5.74) is 1.39. The summed E-state index contributed by atoms with van der Waals surface area (Å²) in [4.78, 5) is 23.7. The Hall–Kier alpha value is -2.94. The van der Waals surface area contributed by atoms with E-state index >= 15 is 0 Å². The Bertz CT molecular complexity index is 947. The fraction of sp³-hybridized carbons (Fsp3) is 0.250. The molecule has 0 aliphatic rings. The van der Waals surface area contributed by atoms with E-state index in [2.05, 4.69) is 15.6 Å². The van der Waals surface area contributed by atoms with Gasteiger partial charge < -0.3 is 15.2 Å². The van der Waals surface area contributed by atoms with Crippen LogP contribution >= 0.6 is 11.3 Å². The number of methoxy groups -OCH3 is 1. The smallest absolute Gasteiger partial charge is 0.325 e. The van der Waals surface area contributed by atoms with Crippen molar-refractivity contribution in [3.63, 3.8) is 0 Å². The van der Waals surface area contributed by atoms with Crippen LogP contribution < -0.4 is 10.1 Å². The van der Waals surface area contributed by atoms with Gasteiger partial charge in [0.2, 0.25) is 0 Å². The number of nitrogens with one attached hydrogen (secondary N) is 1. The number of benzene rings is 1. The topological polar surface area (TPSA) is 106 Å². The van der Waals surface area contributed by atoms with E-state index in [1.807, 2.05) is 25.1 Å². The van der Waals surface area contributed by atoms with Crippen LogP contribution in [0, 0.1) is 6.92 Å². The molecule has 0 spiro atoms. The van der Waals surface area contributed by atoms with Crippen LogP contribution in [-0.2, 0) is 17.9 Å². The third kappa shape index (κ3) is 3.61. The Balaban J connectivity index is 1.73. The van der Waals surface area contributed by atoms with Gasteiger partial charge in [0.1, 0.15) is 18.0 Å². The van der Waals surface area contributed by atoms with Crippen molar-refractivity contribution < 1.29 is 19.4 Å². The number of nitrogens with zero attached hydrogens (tertiary/aromatic N) is 3. The van der Waals surface area contributed by atoms with Crippen molar-refractivity contribution in [2.24, 2.45) is 0 Å². The molecule has 0 saturated heterocycles. The molecule has 25 heavy (non-hydrogen) atoms. The highest BCUT2D eigenvalue weighted by Gasteiger charge is 2.16. The SMILES string of the molecule is COc1ccc2sc(C(=O)NCc3cn(CC(=O)O)nn3)c(C)c2c1. The van der Waals surface area contributed by atoms with Gasteiger partial charge in [-0.3, -0.25) is 9.59 Å². The molecular formula is C16H16N4O4S. The highest BCUT2D eigenvalue weighted by Crippen LogP contribution is 2.33. The lowest BCUT2D eigenvalue weighted by Crippen LogP contribution is -2.22. The molecule has 9 heteroatoms. The zero-order valence-electron chi connectivity index (χ0n) is 13.6. The Kier molecular flexibility index (Phi) is 4.66. The predicted octanol–water partition coefficient (Wildman–Crippen LogP) is 1.82. The second kappa shape index (κ2) is 6.89. The fourth-order valence-corrected chi connectivity index (χ4v) is 3.54. The van der Waals surface area contributed by atoms with Gasteiger partial charge in [0.25, 0.3) is 5.91 Å². The number of fused-ring (bicyclic) bond motifs is 1. The summed E-state index contributed by atoms with van der Waals surface area (Å²) < 4.78 is 7.45. The van der Waals surface area contributed by atoms with Crippen molar-refractivity contribution in [2.45, 2.75) is 20.0 Å². The third-order valence-electron chi connectivity index (χ3n) is 3.66. The molecule has 8 nitrogen and oxygen atoms in total. The number of rotatable bonds is 6. The Morgan fingerprint density at radius 2 is 2.20 bits per heavy atom. The maximum Gasteiger partial charge on any atom is 0.325 e. The number of carbonyl (C=O) groups excluding carboxylic acids is 1. The molecule has 130 valence electrons. The number of aromatic nitrogens is 3. The summed E-state index contributed by atoms with van der Waals surface area (Å²) in [5, 5.41) is 20.0. The highest BCUT2D eigenvalue weighted by molar-refractivity contribution is 7.21. The van der Waals surface area contributed by atoms with Crippen molar-refractivity contribution in [3.8, 4) is 5.75 Å². The zero-order chi connectivity index (χ0) is 18.0. The van der Waals surface area contributed by atoms with E-state index in [4.69, 9.17) is 9.84 Å². The van der Waals surface area contributed by atoms with Crippen LogP contribution in [0.4, 0.5) is 0 Å². The van der Waals surface area contributed by atoms with Gasteiger partial charge in [-0.15, -0.1) is 16.4 Å². The number of aryl methyl sites for hydroxylation is 1. The van der Waals surface area contributed by atoms with Crippen molar-refractivity contribution in [1.29, 1.82) is 0 Å². The molecular weight excluding hydrogens is 344 g/mol. The molecule has 0 bridgehead atoms. The van der Waals surface area contributed by atoms with E-state index in [0.29, 0.717) is 10.6 Å². The molecule has 3 aromatic rings. The summed E-state index contributed by atoms with van der Waals surface area (Å²) in [6.07, 6.45) is 1.50. The summed E-state index contributed by atoms with van der Waals surface area (Å²) in [7, 11) is 1.61. The number of amides is 1. The molecule has 0 unspecified atom stereocenters. The number of ether oxygens (including phenoxy) is 1. The maximum absolute atomic E-state index is 12.5. The highest BCUT2D eigenvalue weighted by atomic mass is 32.1. The Labute approximate surface area is 147 Å². The average Bonchev–Trinajstić information content (AvgIpc) is 3.16. The minimum atomic E-state index is -1.00. The Morgan fingerprint density at radius 3 is 2.92 bits per heavy atom. The molecule has 0 atom stereocenters. The second-order valence-corrected chi connectivity index (χ2v) is 6.45. The zero-order valence-corrected chi connectivity index (χ0v) is 14.5. The first kappa shape index (κ1) is 16.9. The summed E-state index contributed by atoms with van der Waals surface area (Å²) in [6, 6.07) is 5.70. The molecule has 2 N–H and O–H groups in total. The van der Waals surface area contributed by atoms with Crippen molar-refractivity contribution in [1.82, 2.24) is 20.3 Å². The molecule has 2 heterocycles. The van der Waals surface area contributed by atoms with Gasteiger partial charge in [0.05, 0.1) is 24.7 Å². The molecule has 0 aliphatic heterocycles. The number of aliphatic carboxylic acids is 1. The van der Waals surface area contributed by atoms with Crippen LogP contribution in [0.25, 0.3) is 10.1 Å². The van der Waals surface area contributed by atoms with Crippen LogP contribution in [0.5, 0.6) is 5.75 Å². The minimum absolute atomic E-state index is 0.176. The lowest BCUT2D eigenvalue weighted by atomic mass is 10.1. The van der Waals surface area contributed by atoms with Crippen LogP contribution in [-0.4, -0.2) is 39.1 Å². The lowest BCUT2D eigenvalue weighted by Gasteiger charge is -2.02. The van der Waals surface area contributed by atoms with Gasteiger partial charge in [-0.25, -0.2) is 4.68 Å². The van der Waals surface area contributed by atoms with Gasteiger partial charge in [0.15, 0.2) is 0 Å². The predicted molar refractivity (Wildman–Crippen MR) is 91.9 cm³/mol. The average molecular weight is 360 g/mol. The fourth-order valence-electron chi connectivity index (χ4n) is 2.43. The van der Waals surface area contributed by atoms with Crippen LogP contribution in [0.2, 0.25) is 0 Å². The van der Waals surface area contributed by atoms with Crippen LogP contribution in [0.15, 0.2) is 24.4 Å². The number of hydrogen-bond donors (Lipinski definition) is 2. The van der Waals surface area contributed by atoms with Crippen LogP contribution in [0.1, 0.15) is 20.9 Å². The monoisotopic (exact) mass is 360 g/mol. The molecule has 1 amide bonds. The first-order chi connectivity index (χ1) is 12.0. The molecule has 2 aromatic heterocycles. The summed E-state index contributed by atoms with van der Waals surface area (Å²) in [6.45, 7) is 1.81. The number of carbonyl (C=O) groups is 2. The van der Waals surface area contributed by atoms with Crippen LogP contribution in [0.3, 0.4) is 0 Å². The van der Waals surface area contributed by atoms with E-state index in [0.717, 1.165) is 21.4 Å². The van der Waals surface area contributed by atoms with Gasteiger partial charge in [-0.05, 0) is 36.1 Å². The number of carboxylic acid groups (broad SMARTS) is 1. The van der Waals surface area contributed by atoms with Crippen molar-refractivity contribution >= 4 is 33.3 Å². The summed E-state index contributed by atoms with van der Waals surface area (Å²) in [5.74, 6) is -0.460. The number of hydrogen-bond acceptors (Lipinski definition) is 6. The Morgan fingerprint density at radius 1 is 1.40 bits per heavy atom. The third-order valence-corrected chi connectivity index (χ3v) is 4.93. The molecule has 0 radical (unpaired) electrons. The van der Waals surface area contributed by atoms with E-state index in [9.17, 15) is 9.59 Å². The first-order valence-corrected chi connectivity index (χ1v) is 8.25. The van der Waals surface area contributed by atoms with Gasteiger partial charge >= 0.3 is 5.97 Å². The van der Waals surface area contributed by atoms with E-state index in [1.165, 1.54) is 22.2 Å². The van der Waals surface area contributed by atoms with Gasteiger partial charge in [-0.1, -0.05) is 5.21 Å². The molecule has 0 saturated carbocycles. The van der Waals surface area contributed by atoms with E-state index in [-0.39, 0.29) is 19.0 Å². The molecule has 1 aromatic carbocycles. The lowest BCUT2D eigenvalue weighted by molar-refractivity contribution is -0.137. The van der Waals surface area contributed by atoms with Crippen molar-refractivity contribution in [3.05, 3.63) is 40.5 Å².